The number of rotatable bonds is 6. The number of hydrogen-bond donors (Lipinski definition) is 1. The van der Waals surface area contributed by atoms with Crippen LogP contribution < -0.4 is 5.32 Å². The van der Waals surface area contributed by atoms with Gasteiger partial charge in [0.05, 0.1) is 5.02 Å². The Hall–Kier alpha value is -0.640. The fraction of sp³-hybridized carbons (Fsp3) is 0.625. The zero-order valence-corrected chi connectivity index (χ0v) is 12.9. The number of nitrogens with zero attached hydrogens (tertiary/aromatic N) is 1. The van der Waals surface area contributed by atoms with Gasteiger partial charge in [-0.15, -0.1) is 0 Å². The van der Waals surface area contributed by atoms with Crippen LogP contribution in [0.4, 0.5) is 4.39 Å². The van der Waals surface area contributed by atoms with Gasteiger partial charge in [-0.2, -0.15) is 0 Å². The van der Waals surface area contributed by atoms with Crippen molar-refractivity contribution >= 4 is 11.6 Å². The highest BCUT2D eigenvalue weighted by atomic mass is 35.5. The second-order valence-corrected chi connectivity index (χ2v) is 6.08. The van der Waals surface area contributed by atoms with Crippen LogP contribution in [0.25, 0.3) is 0 Å². The zero-order valence-electron chi connectivity index (χ0n) is 12.2. The van der Waals surface area contributed by atoms with Gasteiger partial charge in [0.2, 0.25) is 0 Å². The second-order valence-electron chi connectivity index (χ2n) is 5.67. The lowest BCUT2D eigenvalue weighted by Gasteiger charge is -2.32. The molecule has 0 unspecified atom stereocenters. The predicted molar refractivity (Wildman–Crippen MR) is 82.6 cm³/mol. The molecule has 0 bridgehead atoms. The minimum Gasteiger partial charge on any atom is -0.316 e. The summed E-state index contributed by atoms with van der Waals surface area (Å²) in [6, 6.07) is 5.12. The van der Waals surface area contributed by atoms with Gasteiger partial charge in [0.15, 0.2) is 0 Å². The minimum absolute atomic E-state index is 0.203. The summed E-state index contributed by atoms with van der Waals surface area (Å²) in [6.45, 7) is 7.47. The van der Waals surface area contributed by atoms with Crippen LogP contribution in [0.3, 0.4) is 0 Å². The Bertz CT molecular complexity index is 417. The van der Waals surface area contributed by atoms with E-state index in [2.05, 4.69) is 17.1 Å². The molecule has 1 aliphatic rings. The van der Waals surface area contributed by atoms with E-state index in [4.69, 9.17) is 11.6 Å². The Morgan fingerprint density at radius 3 is 2.75 bits per heavy atom. The number of hydrogen-bond acceptors (Lipinski definition) is 2. The molecule has 20 heavy (non-hydrogen) atoms. The lowest BCUT2D eigenvalue weighted by Crippen LogP contribution is -2.37. The van der Waals surface area contributed by atoms with Crippen LogP contribution in [0.5, 0.6) is 0 Å². The summed E-state index contributed by atoms with van der Waals surface area (Å²) in [5.74, 6) is 0.475. The number of likely N-dealkylation sites (tertiary alicyclic amines) is 1. The van der Waals surface area contributed by atoms with Gasteiger partial charge in [-0.25, -0.2) is 4.39 Å². The molecule has 0 radical (unpaired) electrons. The average Bonchev–Trinajstić information content (AvgIpc) is 2.45. The maximum absolute atomic E-state index is 13.4. The molecule has 1 N–H and O–H groups in total. The monoisotopic (exact) mass is 298 g/mol. The van der Waals surface area contributed by atoms with Crippen LogP contribution in [0.15, 0.2) is 18.2 Å². The second kappa shape index (κ2) is 7.96. The molecule has 0 aliphatic carbocycles. The Morgan fingerprint density at radius 1 is 1.35 bits per heavy atom. The summed E-state index contributed by atoms with van der Waals surface area (Å²) in [5, 5.41) is 3.70. The van der Waals surface area contributed by atoms with Crippen molar-refractivity contribution in [1.29, 1.82) is 0 Å². The first-order valence-electron chi connectivity index (χ1n) is 7.56. The highest BCUT2D eigenvalue weighted by molar-refractivity contribution is 6.30. The van der Waals surface area contributed by atoms with Gasteiger partial charge >= 0.3 is 0 Å². The topological polar surface area (TPSA) is 15.3 Å². The van der Waals surface area contributed by atoms with Gasteiger partial charge in [0, 0.05) is 6.54 Å². The van der Waals surface area contributed by atoms with Crippen molar-refractivity contribution in [3.05, 3.63) is 34.6 Å². The molecule has 1 fully saturated rings. The van der Waals surface area contributed by atoms with E-state index >= 15 is 0 Å². The molecule has 0 amide bonds. The van der Waals surface area contributed by atoms with Crippen LogP contribution in [-0.2, 0) is 6.54 Å². The van der Waals surface area contributed by atoms with E-state index in [1.165, 1.54) is 19.3 Å². The van der Waals surface area contributed by atoms with E-state index in [0.29, 0.717) is 0 Å². The van der Waals surface area contributed by atoms with Gasteiger partial charge < -0.3 is 5.32 Å². The molecular formula is C16H24ClFN2. The summed E-state index contributed by atoms with van der Waals surface area (Å²) in [7, 11) is 0. The van der Waals surface area contributed by atoms with Gasteiger partial charge in [0.1, 0.15) is 5.82 Å². The molecule has 0 aromatic heterocycles. The first kappa shape index (κ1) is 15.7. The third-order valence-electron chi connectivity index (χ3n) is 3.96. The third-order valence-corrected chi connectivity index (χ3v) is 4.26. The molecular weight excluding hydrogens is 275 g/mol. The maximum atomic E-state index is 13.4. The van der Waals surface area contributed by atoms with Crippen LogP contribution in [0, 0.1) is 11.7 Å². The number of benzene rings is 1. The standard InChI is InChI=1S/C16H24ClFN2/c1-2-7-19-11-13-5-8-20(9-6-13)12-14-3-4-15(17)16(18)10-14/h3-4,10,13,19H,2,5-9,11-12H2,1H3. The van der Waals surface area contributed by atoms with Crippen molar-refractivity contribution < 1.29 is 4.39 Å². The molecule has 0 saturated carbocycles. The fourth-order valence-electron chi connectivity index (χ4n) is 2.73. The Labute approximate surface area is 126 Å². The normalized spacial score (nSPS) is 17.6. The molecule has 0 atom stereocenters. The van der Waals surface area contributed by atoms with Gasteiger partial charge in [-0.3, -0.25) is 4.90 Å². The van der Waals surface area contributed by atoms with Crippen molar-refractivity contribution in [2.45, 2.75) is 32.7 Å². The highest BCUT2D eigenvalue weighted by Crippen LogP contribution is 2.20. The summed E-state index contributed by atoms with van der Waals surface area (Å²) in [4.78, 5) is 2.40. The molecule has 1 aliphatic heterocycles. The van der Waals surface area contributed by atoms with Crippen LogP contribution in [0.1, 0.15) is 31.7 Å². The fourth-order valence-corrected chi connectivity index (χ4v) is 2.85. The molecule has 1 saturated heterocycles. The lowest BCUT2D eigenvalue weighted by molar-refractivity contribution is 0.175. The Morgan fingerprint density at radius 2 is 2.10 bits per heavy atom. The van der Waals surface area contributed by atoms with Gasteiger partial charge in [-0.1, -0.05) is 24.6 Å². The largest absolute Gasteiger partial charge is 0.316 e. The number of piperidine rings is 1. The zero-order chi connectivity index (χ0) is 14.4. The van der Waals surface area contributed by atoms with Gasteiger partial charge in [0.25, 0.3) is 0 Å². The Kier molecular flexibility index (Phi) is 6.27. The minimum atomic E-state index is -0.317. The number of nitrogens with one attached hydrogen (secondary N) is 1. The average molecular weight is 299 g/mol. The molecule has 2 rings (SSSR count). The summed E-state index contributed by atoms with van der Waals surface area (Å²) in [5.41, 5.74) is 1.01. The van der Waals surface area contributed by atoms with Crippen LogP contribution in [-0.4, -0.2) is 31.1 Å². The van der Waals surface area contributed by atoms with E-state index in [1.54, 1.807) is 12.1 Å². The van der Waals surface area contributed by atoms with Crippen molar-refractivity contribution in [1.82, 2.24) is 10.2 Å². The summed E-state index contributed by atoms with van der Waals surface area (Å²) < 4.78 is 13.4. The van der Waals surface area contributed by atoms with Crippen molar-refractivity contribution in [3.8, 4) is 0 Å². The van der Waals surface area contributed by atoms with Crippen LogP contribution >= 0.6 is 11.6 Å². The molecule has 112 valence electrons. The quantitative estimate of drug-likeness (QED) is 0.806. The molecule has 1 heterocycles. The van der Waals surface area contributed by atoms with E-state index < -0.39 is 0 Å². The highest BCUT2D eigenvalue weighted by Gasteiger charge is 2.19. The smallest absolute Gasteiger partial charge is 0.142 e. The van der Waals surface area contributed by atoms with Crippen molar-refractivity contribution in [3.63, 3.8) is 0 Å². The van der Waals surface area contributed by atoms with Crippen LogP contribution in [0.2, 0.25) is 5.02 Å². The maximum Gasteiger partial charge on any atom is 0.142 e. The van der Waals surface area contributed by atoms with Gasteiger partial charge in [-0.05, 0) is 69.1 Å². The molecule has 1 aromatic carbocycles. The first-order chi connectivity index (χ1) is 9.69. The summed E-state index contributed by atoms with van der Waals surface area (Å²) in [6.07, 6.45) is 3.65. The van der Waals surface area contributed by atoms with Crippen molar-refractivity contribution in [2.75, 3.05) is 26.2 Å². The predicted octanol–water partition coefficient (Wildman–Crippen LogP) is 3.69. The summed E-state index contributed by atoms with van der Waals surface area (Å²) >= 11 is 5.71. The third kappa shape index (κ3) is 4.72. The molecule has 0 spiro atoms. The van der Waals surface area contributed by atoms with E-state index in [-0.39, 0.29) is 10.8 Å². The molecule has 4 heteroatoms. The van der Waals surface area contributed by atoms with E-state index in [9.17, 15) is 4.39 Å². The molecule has 2 nitrogen and oxygen atoms in total. The van der Waals surface area contributed by atoms with E-state index in [0.717, 1.165) is 44.2 Å². The molecule has 1 aromatic rings. The lowest BCUT2D eigenvalue weighted by atomic mass is 9.96. The number of halogens is 2. The first-order valence-corrected chi connectivity index (χ1v) is 7.94. The van der Waals surface area contributed by atoms with Crippen molar-refractivity contribution in [2.24, 2.45) is 5.92 Å². The Balaban J connectivity index is 1.75. The van der Waals surface area contributed by atoms with E-state index in [1.807, 2.05) is 6.07 Å². The SMILES string of the molecule is CCCNCC1CCN(Cc2ccc(Cl)c(F)c2)CC1.